The molecule has 2 N–H and O–H groups in total. The Morgan fingerprint density at radius 3 is 2.59 bits per heavy atom. The summed E-state index contributed by atoms with van der Waals surface area (Å²) >= 11 is 0. The standard InChI is InChI=1S/C15H23NO/c1-12-6-3-4-9-14(12)16-15(2,11-17)10-13-7-5-8-13/h3-4,6,9,13,16-17H,5,7-8,10-11H2,1-2H3. The minimum absolute atomic E-state index is 0.183. The average molecular weight is 233 g/mol. The number of benzene rings is 1. The molecule has 0 aromatic heterocycles. The van der Waals surface area contributed by atoms with Crippen LogP contribution < -0.4 is 5.32 Å². The summed E-state index contributed by atoms with van der Waals surface area (Å²) in [5.41, 5.74) is 2.20. The minimum atomic E-state index is -0.183. The Labute approximate surface area is 104 Å². The molecule has 17 heavy (non-hydrogen) atoms. The molecule has 0 amide bonds. The maximum atomic E-state index is 9.64. The van der Waals surface area contributed by atoms with Crippen molar-refractivity contribution in [1.82, 2.24) is 0 Å². The van der Waals surface area contributed by atoms with Crippen LogP contribution >= 0.6 is 0 Å². The van der Waals surface area contributed by atoms with Crippen LogP contribution in [0.3, 0.4) is 0 Å². The maximum absolute atomic E-state index is 9.64. The summed E-state index contributed by atoms with van der Waals surface area (Å²) in [6, 6.07) is 8.27. The van der Waals surface area contributed by atoms with Crippen LogP contribution in [0.15, 0.2) is 24.3 Å². The molecular weight excluding hydrogens is 210 g/mol. The number of para-hydroxylation sites is 1. The van der Waals surface area contributed by atoms with E-state index in [1.54, 1.807) is 0 Å². The van der Waals surface area contributed by atoms with Crippen molar-refractivity contribution < 1.29 is 5.11 Å². The molecule has 0 aliphatic heterocycles. The topological polar surface area (TPSA) is 32.3 Å². The molecule has 1 saturated carbocycles. The zero-order valence-corrected chi connectivity index (χ0v) is 10.9. The number of hydrogen-bond donors (Lipinski definition) is 2. The van der Waals surface area contributed by atoms with Crippen LogP contribution in [0, 0.1) is 12.8 Å². The molecule has 2 rings (SSSR count). The fraction of sp³-hybridized carbons (Fsp3) is 0.600. The first kappa shape index (κ1) is 12.4. The maximum Gasteiger partial charge on any atom is 0.0658 e. The van der Waals surface area contributed by atoms with Crippen LogP contribution in [0.2, 0.25) is 0 Å². The third-order valence-electron chi connectivity index (χ3n) is 3.89. The van der Waals surface area contributed by atoms with Gasteiger partial charge < -0.3 is 10.4 Å². The van der Waals surface area contributed by atoms with Crippen LogP contribution in [0.25, 0.3) is 0 Å². The third-order valence-corrected chi connectivity index (χ3v) is 3.89. The van der Waals surface area contributed by atoms with E-state index in [2.05, 4.69) is 31.3 Å². The van der Waals surface area contributed by atoms with E-state index in [9.17, 15) is 5.11 Å². The Hall–Kier alpha value is -1.02. The first-order chi connectivity index (χ1) is 8.13. The second-order valence-corrected chi connectivity index (χ2v) is 5.66. The van der Waals surface area contributed by atoms with Gasteiger partial charge in [-0.15, -0.1) is 0 Å². The van der Waals surface area contributed by atoms with Crippen molar-refractivity contribution in [1.29, 1.82) is 0 Å². The molecule has 1 aromatic carbocycles. The van der Waals surface area contributed by atoms with E-state index in [1.807, 2.05) is 12.1 Å². The summed E-state index contributed by atoms with van der Waals surface area (Å²) < 4.78 is 0. The van der Waals surface area contributed by atoms with Gasteiger partial charge in [-0.1, -0.05) is 37.5 Å². The van der Waals surface area contributed by atoms with Crippen LogP contribution in [0.4, 0.5) is 5.69 Å². The first-order valence-corrected chi connectivity index (χ1v) is 6.58. The highest BCUT2D eigenvalue weighted by Gasteiger charge is 2.30. The van der Waals surface area contributed by atoms with Gasteiger partial charge in [-0.05, 0) is 37.8 Å². The van der Waals surface area contributed by atoms with Gasteiger partial charge in [0.05, 0.1) is 12.1 Å². The number of nitrogens with one attached hydrogen (secondary N) is 1. The molecule has 94 valence electrons. The lowest BCUT2D eigenvalue weighted by atomic mass is 9.76. The van der Waals surface area contributed by atoms with Crippen LogP contribution in [-0.2, 0) is 0 Å². The number of anilines is 1. The number of aryl methyl sites for hydroxylation is 1. The van der Waals surface area contributed by atoms with Gasteiger partial charge in [0.1, 0.15) is 0 Å². The molecule has 1 aliphatic carbocycles. The van der Waals surface area contributed by atoms with Gasteiger partial charge in [0.25, 0.3) is 0 Å². The van der Waals surface area contributed by atoms with E-state index in [0.717, 1.165) is 18.0 Å². The van der Waals surface area contributed by atoms with Crippen LogP contribution in [0.5, 0.6) is 0 Å². The van der Waals surface area contributed by atoms with Crippen molar-refractivity contribution in [3.63, 3.8) is 0 Å². The lowest BCUT2D eigenvalue weighted by Crippen LogP contribution is -2.42. The van der Waals surface area contributed by atoms with E-state index in [-0.39, 0.29) is 12.1 Å². The van der Waals surface area contributed by atoms with Crippen molar-refractivity contribution >= 4 is 5.69 Å². The molecule has 0 radical (unpaired) electrons. The summed E-state index contributed by atoms with van der Waals surface area (Å²) in [5, 5.41) is 13.2. The fourth-order valence-corrected chi connectivity index (χ4v) is 2.53. The van der Waals surface area contributed by atoms with Gasteiger partial charge in [0.15, 0.2) is 0 Å². The van der Waals surface area contributed by atoms with Gasteiger partial charge in [-0.2, -0.15) is 0 Å². The molecular formula is C15H23NO. The van der Waals surface area contributed by atoms with Crippen molar-refractivity contribution in [3.05, 3.63) is 29.8 Å². The predicted octanol–water partition coefficient (Wildman–Crippen LogP) is 3.35. The quantitative estimate of drug-likeness (QED) is 0.817. The van der Waals surface area contributed by atoms with E-state index < -0.39 is 0 Å². The first-order valence-electron chi connectivity index (χ1n) is 6.58. The fourth-order valence-electron chi connectivity index (χ4n) is 2.53. The number of rotatable bonds is 5. The second-order valence-electron chi connectivity index (χ2n) is 5.66. The summed E-state index contributed by atoms with van der Waals surface area (Å²) in [6.45, 7) is 4.42. The molecule has 1 unspecified atom stereocenters. The molecule has 1 aromatic rings. The van der Waals surface area contributed by atoms with E-state index >= 15 is 0 Å². The highest BCUT2D eigenvalue weighted by molar-refractivity contribution is 5.52. The van der Waals surface area contributed by atoms with Crippen molar-refractivity contribution in [2.45, 2.75) is 45.1 Å². The number of hydrogen-bond acceptors (Lipinski definition) is 2. The third kappa shape index (κ3) is 3.01. The highest BCUT2D eigenvalue weighted by Crippen LogP contribution is 2.35. The molecule has 1 atom stereocenters. The van der Waals surface area contributed by atoms with Gasteiger partial charge in [-0.3, -0.25) is 0 Å². The predicted molar refractivity (Wildman–Crippen MR) is 72.3 cm³/mol. The largest absolute Gasteiger partial charge is 0.394 e. The van der Waals surface area contributed by atoms with Gasteiger partial charge in [-0.25, -0.2) is 0 Å². The average Bonchev–Trinajstić information content (AvgIpc) is 2.27. The molecule has 2 heteroatoms. The molecule has 1 aliphatic rings. The lowest BCUT2D eigenvalue weighted by molar-refractivity contribution is 0.167. The Morgan fingerprint density at radius 1 is 1.35 bits per heavy atom. The molecule has 0 bridgehead atoms. The van der Waals surface area contributed by atoms with Crippen molar-refractivity contribution in [3.8, 4) is 0 Å². The Morgan fingerprint density at radius 2 is 2.06 bits per heavy atom. The van der Waals surface area contributed by atoms with Crippen molar-refractivity contribution in [2.75, 3.05) is 11.9 Å². The zero-order chi connectivity index (χ0) is 12.3. The van der Waals surface area contributed by atoms with Crippen molar-refractivity contribution in [2.24, 2.45) is 5.92 Å². The monoisotopic (exact) mass is 233 g/mol. The number of aliphatic hydroxyl groups excluding tert-OH is 1. The molecule has 0 spiro atoms. The van der Waals surface area contributed by atoms with Gasteiger partial charge in [0, 0.05) is 5.69 Å². The van der Waals surface area contributed by atoms with E-state index in [1.165, 1.54) is 24.8 Å². The molecule has 1 fully saturated rings. The molecule has 2 nitrogen and oxygen atoms in total. The summed E-state index contributed by atoms with van der Waals surface area (Å²) in [7, 11) is 0. The van der Waals surface area contributed by atoms with Crippen LogP contribution in [0.1, 0.15) is 38.2 Å². The Bertz CT molecular complexity index is 373. The highest BCUT2D eigenvalue weighted by atomic mass is 16.3. The summed E-state index contributed by atoms with van der Waals surface area (Å²) in [5.74, 6) is 0.795. The molecule has 0 saturated heterocycles. The SMILES string of the molecule is Cc1ccccc1NC(C)(CO)CC1CCC1. The van der Waals surface area contributed by atoms with Gasteiger partial charge >= 0.3 is 0 Å². The Kier molecular flexibility index (Phi) is 3.72. The molecule has 0 heterocycles. The smallest absolute Gasteiger partial charge is 0.0658 e. The normalized spacial score (nSPS) is 19.5. The second kappa shape index (κ2) is 5.09. The minimum Gasteiger partial charge on any atom is -0.394 e. The summed E-state index contributed by atoms with van der Waals surface area (Å²) in [6.07, 6.45) is 5.07. The van der Waals surface area contributed by atoms with E-state index in [0.29, 0.717) is 0 Å². The lowest BCUT2D eigenvalue weighted by Gasteiger charge is -2.37. The number of aliphatic hydroxyl groups is 1. The van der Waals surface area contributed by atoms with Crippen LogP contribution in [-0.4, -0.2) is 17.3 Å². The zero-order valence-electron chi connectivity index (χ0n) is 10.9. The van der Waals surface area contributed by atoms with Gasteiger partial charge in [0.2, 0.25) is 0 Å². The van der Waals surface area contributed by atoms with E-state index in [4.69, 9.17) is 0 Å². The Balaban J connectivity index is 2.05. The summed E-state index contributed by atoms with van der Waals surface area (Å²) in [4.78, 5) is 0.